The molecule has 154 valence electrons. The Morgan fingerprint density at radius 2 is 1.81 bits per heavy atom. The molecule has 0 aliphatic heterocycles. The van der Waals surface area contributed by atoms with Gasteiger partial charge in [-0.2, -0.15) is 0 Å². The van der Waals surface area contributed by atoms with E-state index in [1.54, 1.807) is 0 Å². The first-order valence-electron chi connectivity index (χ1n) is 10.6. The van der Waals surface area contributed by atoms with Crippen molar-refractivity contribution < 1.29 is 24.6 Å². The molecule has 1 aliphatic rings. The van der Waals surface area contributed by atoms with Crippen LogP contribution in [0.3, 0.4) is 0 Å². The Hall–Kier alpha value is -1.49. The summed E-state index contributed by atoms with van der Waals surface area (Å²) in [6, 6.07) is 0. The molecule has 1 fully saturated rings. The number of Topliss-reactive ketones (excluding diaryl/α,β-unsaturated/α-hetero) is 2. The number of aliphatic hydroxyl groups is 1. The van der Waals surface area contributed by atoms with Gasteiger partial charge in [0.25, 0.3) is 0 Å². The molecule has 0 amide bonds. The number of unbranched alkanes of at least 4 members (excludes halogenated alkanes) is 5. The lowest BCUT2D eigenvalue weighted by Gasteiger charge is -2.19. The topological polar surface area (TPSA) is 94.3 Å². The molecule has 0 bridgehead atoms. The lowest BCUT2D eigenvalue weighted by molar-refractivity contribution is -0.137. The molecule has 1 aliphatic carbocycles. The van der Waals surface area contributed by atoms with E-state index in [4.69, 9.17) is 5.11 Å². The molecule has 3 N–H and O–H groups in total. The largest absolute Gasteiger partial charge is 0.565 e. The Kier molecular flexibility index (Phi) is 11.9. The van der Waals surface area contributed by atoms with Crippen LogP contribution in [0.4, 0.5) is 0 Å². The van der Waals surface area contributed by atoms with Gasteiger partial charge in [-0.05, 0) is 38.0 Å². The van der Waals surface area contributed by atoms with Crippen LogP contribution in [-0.4, -0.2) is 33.9 Å². The van der Waals surface area contributed by atoms with Crippen molar-refractivity contribution in [2.75, 3.05) is 0 Å². The zero-order valence-corrected chi connectivity index (χ0v) is 16.8. The van der Waals surface area contributed by atoms with Gasteiger partial charge in [-0.25, -0.2) is 0 Å². The van der Waals surface area contributed by atoms with Crippen LogP contribution in [0.1, 0.15) is 90.4 Å². The highest BCUT2D eigenvalue weighted by atomic mass is 16.4. The van der Waals surface area contributed by atoms with Crippen molar-refractivity contribution in [2.45, 2.75) is 96.5 Å². The van der Waals surface area contributed by atoms with Gasteiger partial charge >= 0.3 is 5.97 Å². The summed E-state index contributed by atoms with van der Waals surface area (Å²) in [6.45, 7) is 2.17. The van der Waals surface area contributed by atoms with Gasteiger partial charge in [-0.3, -0.25) is 9.59 Å². The van der Waals surface area contributed by atoms with Crippen LogP contribution < -0.4 is 0 Å². The van der Waals surface area contributed by atoms with Gasteiger partial charge in [-0.1, -0.05) is 44.8 Å². The molecular weight excluding hydrogens is 344 g/mol. The fraction of sp³-hybridized carbons (Fsp3) is 0.773. The molecule has 0 aromatic carbocycles. The number of aliphatic hydroxyl groups excluding tert-OH is 1. The molecule has 3 atom stereocenters. The SMILES string of the molecule is CCCCCCCC(=O)CC[C@H]1[C@H](O)CC(=O)[C@@H]1C/C=C\CCCC(=O)[OH2+]. The van der Waals surface area contributed by atoms with E-state index in [1.165, 1.54) is 19.3 Å². The minimum atomic E-state index is -0.630. The van der Waals surface area contributed by atoms with Crippen molar-refractivity contribution in [3.8, 4) is 0 Å². The smallest absolute Gasteiger partial charge is 0.515 e. The normalized spacial score (nSPS) is 22.6. The average Bonchev–Trinajstić information content (AvgIpc) is 2.88. The van der Waals surface area contributed by atoms with Crippen LogP contribution in [0.2, 0.25) is 0 Å². The van der Waals surface area contributed by atoms with E-state index in [0.717, 1.165) is 19.3 Å². The molecule has 27 heavy (non-hydrogen) atoms. The zero-order chi connectivity index (χ0) is 20.1. The number of carbonyl (C=O) groups excluding carboxylic acids is 3. The van der Waals surface area contributed by atoms with Crippen molar-refractivity contribution in [2.24, 2.45) is 11.8 Å². The highest BCUT2D eigenvalue weighted by molar-refractivity contribution is 5.84. The third-order valence-corrected chi connectivity index (χ3v) is 5.48. The highest BCUT2D eigenvalue weighted by Gasteiger charge is 2.40. The van der Waals surface area contributed by atoms with Gasteiger partial charge in [0.15, 0.2) is 0 Å². The summed E-state index contributed by atoms with van der Waals surface area (Å²) in [5.74, 6) is -0.544. The highest BCUT2D eigenvalue weighted by Crippen LogP contribution is 2.35. The van der Waals surface area contributed by atoms with Gasteiger partial charge in [0.2, 0.25) is 0 Å². The van der Waals surface area contributed by atoms with Crippen molar-refractivity contribution in [3.05, 3.63) is 12.2 Å². The maximum Gasteiger partial charge on any atom is 0.515 e. The van der Waals surface area contributed by atoms with E-state index in [9.17, 15) is 19.5 Å². The van der Waals surface area contributed by atoms with E-state index in [-0.39, 0.29) is 36.2 Å². The number of carbonyl (C=O) groups is 3. The van der Waals surface area contributed by atoms with Crippen LogP contribution in [0, 0.1) is 11.8 Å². The maximum absolute atomic E-state index is 12.2. The second-order valence-electron chi connectivity index (χ2n) is 7.77. The predicted molar refractivity (Wildman–Crippen MR) is 106 cm³/mol. The monoisotopic (exact) mass is 381 g/mol. The van der Waals surface area contributed by atoms with Crippen LogP contribution in [0.25, 0.3) is 0 Å². The second-order valence-corrected chi connectivity index (χ2v) is 7.77. The molecule has 0 heterocycles. The molecule has 1 saturated carbocycles. The van der Waals surface area contributed by atoms with Crippen LogP contribution in [0.5, 0.6) is 0 Å². The Labute approximate surface area is 163 Å². The van der Waals surface area contributed by atoms with Gasteiger partial charge in [0.1, 0.15) is 18.0 Å². The fourth-order valence-electron chi connectivity index (χ4n) is 3.84. The molecule has 0 unspecified atom stereocenters. The van der Waals surface area contributed by atoms with Crippen LogP contribution >= 0.6 is 0 Å². The van der Waals surface area contributed by atoms with E-state index >= 15 is 0 Å². The first-order chi connectivity index (χ1) is 13.0. The third kappa shape index (κ3) is 9.85. The number of hydrogen-bond donors (Lipinski definition) is 1. The molecule has 0 saturated heterocycles. The Morgan fingerprint density at radius 3 is 2.52 bits per heavy atom. The minimum absolute atomic E-state index is 0.0884. The lowest BCUT2D eigenvalue weighted by atomic mass is 9.86. The van der Waals surface area contributed by atoms with E-state index in [1.807, 2.05) is 12.2 Å². The Morgan fingerprint density at radius 1 is 1.07 bits per heavy atom. The third-order valence-electron chi connectivity index (χ3n) is 5.48. The fourth-order valence-corrected chi connectivity index (χ4v) is 3.84. The van der Waals surface area contributed by atoms with Crippen molar-refractivity contribution >= 4 is 17.5 Å². The van der Waals surface area contributed by atoms with Gasteiger partial charge in [0, 0.05) is 30.0 Å². The van der Waals surface area contributed by atoms with Gasteiger partial charge < -0.3 is 10.2 Å². The predicted octanol–water partition coefficient (Wildman–Crippen LogP) is 3.63. The summed E-state index contributed by atoms with van der Waals surface area (Å²) in [6.07, 6.45) is 13.0. The molecule has 0 aromatic rings. The van der Waals surface area contributed by atoms with E-state index in [2.05, 4.69) is 6.92 Å². The quantitative estimate of drug-likeness (QED) is 0.266. The standard InChI is InChI=1S/C22H36O5/c1-2-3-4-5-8-11-17(23)14-15-19-18(20(24)16-21(19)25)12-9-6-7-10-13-22(26)27/h6,9,18-19,21,25H,2-5,7-8,10-16H2,1H3,(H,26,27)/p+1/b9-6-/t18-,19-,21-/m1/s1. The Balaban J connectivity index is 2.33. The number of rotatable bonds is 15. The number of hydrogen-bond acceptors (Lipinski definition) is 4. The first-order valence-corrected chi connectivity index (χ1v) is 10.6. The average molecular weight is 382 g/mol. The Bertz CT molecular complexity index is 497. The molecule has 5 nitrogen and oxygen atoms in total. The molecule has 1 rings (SSSR count). The van der Waals surface area contributed by atoms with E-state index < -0.39 is 12.1 Å². The molecule has 0 radical (unpaired) electrons. The van der Waals surface area contributed by atoms with Crippen LogP contribution in [-0.2, 0) is 14.4 Å². The summed E-state index contributed by atoms with van der Waals surface area (Å²) < 4.78 is 0. The first kappa shape index (κ1) is 23.5. The minimum Gasteiger partial charge on any atom is -0.565 e. The van der Waals surface area contributed by atoms with Crippen LogP contribution in [0.15, 0.2) is 12.2 Å². The second kappa shape index (κ2) is 13.6. The summed E-state index contributed by atoms with van der Waals surface area (Å²) in [4.78, 5) is 34.9. The number of allylic oxidation sites excluding steroid dienone is 2. The van der Waals surface area contributed by atoms with Gasteiger partial charge in [0.05, 0.1) is 6.10 Å². The molecule has 5 heteroatoms. The molecule has 0 aromatic heterocycles. The molecule has 0 spiro atoms. The summed E-state index contributed by atoms with van der Waals surface area (Å²) in [7, 11) is 0. The zero-order valence-electron chi connectivity index (χ0n) is 16.8. The maximum atomic E-state index is 12.2. The number of ketones is 2. The van der Waals surface area contributed by atoms with Crippen molar-refractivity contribution in [3.63, 3.8) is 0 Å². The molecular formula is C22H37O5+. The summed E-state index contributed by atoms with van der Waals surface area (Å²) >= 11 is 0. The van der Waals surface area contributed by atoms with Gasteiger partial charge in [-0.15, -0.1) is 0 Å². The lowest BCUT2D eigenvalue weighted by Crippen LogP contribution is -2.21. The van der Waals surface area contributed by atoms with Crippen molar-refractivity contribution in [1.29, 1.82) is 0 Å². The van der Waals surface area contributed by atoms with Crippen molar-refractivity contribution in [1.82, 2.24) is 0 Å². The van der Waals surface area contributed by atoms with E-state index in [0.29, 0.717) is 32.1 Å². The summed E-state index contributed by atoms with van der Waals surface area (Å²) in [5.41, 5.74) is 0. The summed E-state index contributed by atoms with van der Waals surface area (Å²) in [5, 5.41) is 17.1.